The summed E-state index contributed by atoms with van der Waals surface area (Å²) in [4.78, 5) is 4.82. The number of aromatic amines is 1. The van der Waals surface area contributed by atoms with Gasteiger partial charge >= 0.3 is 0 Å². The Morgan fingerprint density at radius 3 is 2.62 bits per heavy atom. The number of aromatic nitrogens is 7. The molecule has 1 N–H and O–H groups in total. The van der Waals surface area contributed by atoms with Crippen molar-refractivity contribution in [2.24, 2.45) is 0 Å². The number of H-pyrrole nitrogens is 1. The second-order valence-electron chi connectivity index (χ2n) is 8.18. The van der Waals surface area contributed by atoms with Crippen molar-refractivity contribution < 1.29 is 4.73 Å². The van der Waals surface area contributed by atoms with Gasteiger partial charge in [-0.1, -0.05) is 55.8 Å². The third-order valence-corrected chi connectivity index (χ3v) is 5.82. The molecule has 0 bridgehead atoms. The van der Waals surface area contributed by atoms with Crippen LogP contribution in [-0.2, 0) is 13.0 Å². The van der Waals surface area contributed by atoms with Gasteiger partial charge in [0.2, 0.25) is 5.69 Å². The average molecular weight is 452 g/mol. The third-order valence-electron chi connectivity index (χ3n) is 5.82. The van der Waals surface area contributed by atoms with E-state index in [0.717, 1.165) is 52.1 Å². The molecule has 0 aliphatic rings. The van der Waals surface area contributed by atoms with Crippen molar-refractivity contribution in [3.05, 3.63) is 95.7 Å². The minimum absolute atomic E-state index is 0.548. The lowest BCUT2D eigenvalue weighted by atomic mass is 9.97. The average Bonchev–Trinajstić information content (AvgIpc) is 3.54. The summed E-state index contributed by atoms with van der Waals surface area (Å²) < 4.78 is 3.00. The summed E-state index contributed by atoms with van der Waals surface area (Å²) in [6, 6.07) is 21.9. The number of benzene rings is 2. The van der Waals surface area contributed by atoms with Crippen molar-refractivity contribution in [3.8, 4) is 33.9 Å². The number of nitrogens with one attached hydrogen (secondary N) is 1. The number of pyridine rings is 1. The summed E-state index contributed by atoms with van der Waals surface area (Å²) in [6.45, 7) is 2.79. The maximum Gasteiger partial charge on any atom is 0.243 e. The maximum absolute atomic E-state index is 12.3. The largest absolute Gasteiger partial charge is 0.618 e. The highest BCUT2D eigenvalue weighted by molar-refractivity contribution is 5.80. The van der Waals surface area contributed by atoms with E-state index in [2.05, 4.69) is 62.4 Å². The molecule has 34 heavy (non-hydrogen) atoms. The first kappa shape index (κ1) is 21.5. The molecular formula is C26H25N7O. The van der Waals surface area contributed by atoms with Crippen molar-refractivity contribution in [1.82, 2.24) is 30.2 Å². The normalized spacial score (nSPS) is 11.1. The van der Waals surface area contributed by atoms with Crippen molar-refractivity contribution in [2.75, 3.05) is 0 Å². The van der Waals surface area contributed by atoms with Crippen LogP contribution in [0.2, 0.25) is 0 Å². The summed E-state index contributed by atoms with van der Waals surface area (Å²) in [6.07, 6.45) is 6.42. The molecule has 0 fully saturated rings. The quantitative estimate of drug-likeness (QED) is 0.278. The lowest BCUT2D eigenvalue weighted by Crippen LogP contribution is -2.27. The molecule has 0 aliphatic heterocycles. The SMILES string of the molecule is CCCCc1nc(-c2cccc[n+]2[O-])cn1Cc1ccc(-c2ccccc2)c(-c2nnn[nH]2)c1. The van der Waals surface area contributed by atoms with Crippen LogP contribution in [0.1, 0.15) is 31.2 Å². The molecule has 5 aromatic rings. The molecule has 8 heteroatoms. The summed E-state index contributed by atoms with van der Waals surface area (Å²) >= 11 is 0. The van der Waals surface area contributed by atoms with Gasteiger partial charge in [-0.2, -0.15) is 4.73 Å². The van der Waals surface area contributed by atoms with Gasteiger partial charge in [0.15, 0.2) is 17.7 Å². The zero-order valence-corrected chi connectivity index (χ0v) is 18.9. The van der Waals surface area contributed by atoms with E-state index in [9.17, 15) is 5.21 Å². The van der Waals surface area contributed by atoms with E-state index in [-0.39, 0.29) is 0 Å². The molecule has 2 aromatic carbocycles. The van der Waals surface area contributed by atoms with E-state index < -0.39 is 0 Å². The number of imidazole rings is 1. The third kappa shape index (κ3) is 4.43. The molecule has 0 unspecified atom stereocenters. The van der Waals surface area contributed by atoms with Gasteiger partial charge < -0.3 is 9.77 Å². The van der Waals surface area contributed by atoms with E-state index in [0.29, 0.717) is 23.8 Å². The van der Waals surface area contributed by atoms with E-state index in [1.165, 1.54) is 6.20 Å². The Morgan fingerprint density at radius 1 is 1.00 bits per heavy atom. The second kappa shape index (κ2) is 9.66. The highest BCUT2D eigenvalue weighted by atomic mass is 16.5. The number of unbranched alkanes of at least 4 members (excludes halogenated alkanes) is 1. The summed E-state index contributed by atoms with van der Waals surface area (Å²) in [7, 11) is 0. The maximum atomic E-state index is 12.3. The topological polar surface area (TPSA) is 99.2 Å². The molecule has 0 radical (unpaired) electrons. The first-order valence-corrected chi connectivity index (χ1v) is 11.4. The van der Waals surface area contributed by atoms with E-state index in [4.69, 9.17) is 4.98 Å². The van der Waals surface area contributed by atoms with Crippen LogP contribution in [0, 0.1) is 5.21 Å². The van der Waals surface area contributed by atoms with Crippen molar-refractivity contribution >= 4 is 0 Å². The van der Waals surface area contributed by atoms with Crippen LogP contribution in [0.25, 0.3) is 33.9 Å². The predicted octanol–water partition coefficient (Wildman–Crippen LogP) is 4.42. The molecule has 8 nitrogen and oxygen atoms in total. The highest BCUT2D eigenvalue weighted by Crippen LogP contribution is 2.31. The zero-order chi connectivity index (χ0) is 23.3. The summed E-state index contributed by atoms with van der Waals surface area (Å²) in [5.74, 6) is 1.59. The van der Waals surface area contributed by atoms with Gasteiger partial charge in [0, 0.05) is 36.9 Å². The second-order valence-corrected chi connectivity index (χ2v) is 8.18. The Balaban J connectivity index is 1.54. The van der Waals surface area contributed by atoms with Gasteiger partial charge in [0.1, 0.15) is 5.82 Å². The number of hydrogen-bond acceptors (Lipinski definition) is 5. The van der Waals surface area contributed by atoms with Crippen LogP contribution < -0.4 is 4.73 Å². The monoisotopic (exact) mass is 451 g/mol. The number of nitrogens with zero attached hydrogens (tertiary/aromatic N) is 6. The smallest absolute Gasteiger partial charge is 0.243 e. The van der Waals surface area contributed by atoms with Crippen LogP contribution in [0.15, 0.2) is 79.1 Å². The zero-order valence-electron chi connectivity index (χ0n) is 18.9. The van der Waals surface area contributed by atoms with E-state index in [1.807, 2.05) is 30.5 Å². The fourth-order valence-corrected chi connectivity index (χ4v) is 4.10. The van der Waals surface area contributed by atoms with Crippen molar-refractivity contribution in [3.63, 3.8) is 0 Å². The molecule has 0 aliphatic carbocycles. The fraction of sp³-hybridized carbons (Fsp3) is 0.192. The molecule has 5 rings (SSSR count). The van der Waals surface area contributed by atoms with E-state index in [1.54, 1.807) is 12.1 Å². The van der Waals surface area contributed by atoms with Gasteiger partial charge in [-0.3, -0.25) is 0 Å². The van der Waals surface area contributed by atoms with E-state index >= 15 is 0 Å². The van der Waals surface area contributed by atoms with Crippen molar-refractivity contribution in [1.29, 1.82) is 0 Å². The lowest BCUT2D eigenvalue weighted by Gasteiger charge is -2.12. The Labute approximate surface area is 197 Å². The van der Waals surface area contributed by atoms with Gasteiger partial charge in [-0.15, -0.1) is 5.10 Å². The summed E-state index contributed by atoms with van der Waals surface area (Å²) in [5, 5.41) is 26.9. The Hall–Kier alpha value is -4.33. The molecule has 170 valence electrons. The minimum atomic E-state index is 0.548. The minimum Gasteiger partial charge on any atom is -0.618 e. The summed E-state index contributed by atoms with van der Waals surface area (Å²) in [5.41, 5.74) is 5.41. The molecule has 0 spiro atoms. The van der Waals surface area contributed by atoms with Crippen LogP contribution in [0.5, 0.6) is 0 Å². The first-order chi connectivity index (χ1) is 16.7. The molecule has 0 saturated carbocycles. The van der Waals surface area contributed by atoms with Crippen LogP contribution >= 0.6 is 0 Å². The molecule has 0 saturated heterocycles. The number of tetrazole rings is 1. The van der Waals surface area contributed by atoms with Gasteiger partial charge in [-0.05, 0) is 45.7 Å². The Kier molecular flexibility index (Phi) is 6.11. The van der Waals surface area contributed by atoms with Crippen LogP contribution in [-0.4, -0.2) is 30.2 Å². The van der Waals surface area contributed by atoms with Gasteiger partial charge in [0.25, 0.3) is 0 Å². The Morgan fingerprint density at radius 2 is 1.85 bits per heavy atom. The molecule has 3 aromatic heterocycles. The van der Waals surface area contributed by atoms with Gasteiger partial charge in [0.05, 0.1) is 0 Å². The number of aryl methyl sites for hydroxylation is 1. The molecule has 0 atom stereocenters. The number of rotatable bonds is 8. The van der Waals surface area contributed by atoms with Crippen molar-refractivity contribution in [2.45, 2.75) is 32.7 Å². The molecule has 3 heterocycles. The van der Waals surface area contributed by atoms with Crippen LogP contribution in [0.4, 0.5) is 0 Å². The van der Waals surface area contributed by atoms with Crippen LogP contribution in [0.3, 0.4) is 0 Å². The molecular weight excluding hydrogens is 426 g/mol. The van der Waals surface area contributed by atoms with Gasteiger partial charge in [-0.25, -0.2) is 10.1 Å². The number of hydrogen-bond donors (Lipinski definition) is 1. The first-order valence-electron chi connectivity index (χ1n) is 11.4. The lowest BCUT2D eigenvalue weighted by molar-refractivity contribution is -0.593. The molecule has 0 amide bonds. The highest BCUT2D eigenvalue weighted by Gasteiger charge is 2.17. The fourth-order valence-electron chi connectivity index (χ4n) is 4.10. The predicted molar refractivity (Wildman–Crippen MR) is 129 cm³/mol. The standard InChI is InChI=1S/C26H25N7O/c1-2-3-12-25-27-23(24-11-7-8-15-33(24)34)18-32(25)17-19-13-14-21(20-9-5-4-6-10-20)22(16-19)26-28-30-31-29-26/h4-11,13-16,18H,2-3,12,17H2,1H3,(H,28,29,30,31). The Bertz CT molecular complexity index is 1380.